The molecule has 3 rings (SSSR count). The van der Waals surface area contributed by atoms with Crippen LogP contribution in [-0.4, -0.2) is 61.0 Å². The monoisotopic (exact) mass is 393 g/mol. The molecule has 1 aliphatic rings. The molecule has 0 aliphatic carbocycles. The predicted octanol–water partition coefficient (Wildman–Crippen LogP) is 2.16. The first-order valence-corrected chi connectivity index (χ1v) is 9.21. The molecule has 2 heterocycles. The number of ether oxygens (including phenoxy) is 3. The van der Waals surface area contributed by atoms with Crippen LogP contribution in [0.1, 0.15) is 30.5 Å². The van der Waals surface area contributed by atoms with E-state index in [-0.39, 0.29) is 30.9 Å². The molecule has 0 saturated carbocycles. The molecular weight excluding hydrogens is 369 g/mol. The minimum atomic E-state index is -0.341. The number of halogens is 1. The van der Waals surface area contributed by atoms with Crippen molar-refractivity contribution in [1.29, 1.82) is 0 Å². The minimum absolute atomic E-state index is 0.0680. The molecule has 1 aliphatic heterocycles. The summed E-state index contributed by atoms with van der Waals surface area (Å²) in [6.45, 7) is 2.37. The van der Waals surface area contributed by atoms with Crippen LogP contribution in [0.4, 0.5) is 4.39 Å². The Bertz CT molecular complexity index is 744. The zero-order chi connectivity index (χ0) is 19.8. The maximum absolute atomic E-state index is 12.9. The second-order valence-corrected chi connectivity index (χ2v) is 6.49. The summed E-state index contributed by atoms with van der Waals surface area (Å²) in [5.41, 5.74) is 0. The molecule has 1 aromatic carbocycles. The number of rotatable bonds is 9. The Morgan fingerprint density at radius 2 is 2.00 bits per heavy atom. The lowest BCUT2D eigenvalue weighted by Crippen LogP contribution is -2.40. The van der Waals surface area contributed by atoms with E-state index in [9.17, 15) is 9.18 Å². The van der Waals surface area contributed by atoms with Gasteiger partial charge >= 0.3 is 0 Å². The lowest BCUT2D eigenvalue weighted by Gasteiger charge is -2.30. The number of carbonyl (C=O) groups is 1. The highest BCUT2D eigenvalue weighted by Crippen LogP contribution is 2.26. The van der Waals surface area contributed by atoms with Crippen LogP contribution >= 0.6 is 0 Å². The van der Waals surface area contributed by atoms with Crippen molar-refractivity contribution in [2.45, 2.75) is 25.4 Å². The van der Waals surface area contributed by atoms with Gasteiger partial charge in [-0.15, -0.1) is 0 Å². The summed E-state index contributed by atoms with van der Waals surface area (Å²) in [5, 5.41) is 4.04. The van der Waals surface area contributed by atoms with Gasteiger partial charge < -0.3 is 23.6 Å². The summed E-state index contributed by atoms with van der Waals surface area (Å²) >= 11 is 0. The Morgan fingerprint density at radius 3 is 2.71 bits per heavy atom. The summed E-state index contributed by atoms with van der Waals surface area (Å²) in [7, 11) is 1.61. The van der Waals surface area contributed by atoms with E-state index in [1.54, 1.807) is 12.0 Å². The van der Waals surface area contributed by atoms with Crippen LogP contribution in [0.25, 0.3) is 0 Å². The Labute approximate surface area is 162 Å². The summed E-state index contributed by atoms with van der Waals surface area (Å²) in [6, 6.07) is 5.60. The van der Waals surface area contributed by atoms with E-state index in [1.807, 2.05) is 0 Å². The average molecular weight is 393 g/mol. The van der Waals surface area contributed by atoms with Crippen LogP contribution in [0.5, 0.6) is 5.75 Å². The molecule has 0 unspecified atom stereocenters. The second kappa shape index (κ2) is 10.1. The first-order valence-electron chi connectivity index (χ1n) is 9.21. The number of amides is 1. The second-order valence-electron chi connectivity index (χ2n) is 6.49. The van der Waals surface area contributed by atoms with Crippen molar-refractivity contribution >= 4 is 5.91 Å². The van der Waals surface area contributed by atoms with Crippen molar-refractivity contribution in [3.05, 3.63) is 41.8 Å². The van der Waals surface area contributed by atoms with Gasteiger partial charge in [-0.3, -0.25) is 4.79 Å². The molecule has 28 heavy (non-hydrogen) atoms. The summed E-state index contributed by atoms with van der Waals surface area (Å²) in [6.07, 6.45) is 1.51. The van der Waals surface area contributed by atoms with Crippen molar-refractivity contribution in [3.8, 4) is 5.75 Å². The number of carbonyl (C=O) groups excluding carboxylic acids is 1. The van der Waals surface area contributed by atoms with Gasteiger partial charge in [0.2, 0.25) is 0 Å². The van der Waals surface area contributed by atoms with Gasteiger partial charge in [0.15, 0.2) is 12.4 Å². The molecule has 1 aromatic heterocycles. The first kappa shape index (κ1) is 20.2. The Balaban J connectivity index is 1.40. The number of aromatic nitrogens is 2. The normalized spacial score (nSPS) is 15.0. The molecular formula is C19H24FN3O5. The molecule has 152 valence electrons. The highest BCUT2D eigenvalue weighted by molar-refractivity contribution is 5.77. The fourth-order valence-corrected chi connectivity index (χ4v) is 2.95. The first-order chi connectivity index (χ1) is 13.7. The third-order valence-electron chi connectivity index (χ3n) is 4.53. The molecule has 0 spiro atoms. The van der Waals surface area contributed by atoms with Gasteiger partial charge in [0, 0.05) is 26.1 Å². The summed E-state index contributed by atoms with van der Waals surface area (Å²) < 4.78 is 33.8. The van der Waals surface area contributed by atoms with Gasteiger partial charge in [0.05, 0.1) is 13.2 Å². The third kappa shape index (κ3) is 5.74. The number of methoxy groups -OCH3 is 1. The fourth-order valence-electron chi connectivity index (χ4n) is 2.95. The van der Waals surface area contributed by atoms with Gasteiger partial charge in [-0.05, 0) is 37.1 Å². The number of hydrogen-bond acceptors (Lipinski definition) is 7. The number of likely N-dealkylation sites (tertiary alicyclic amines) is 1. The van der Waals surface area contributed by atoms with Crippen molar-refractivity contribution < 1.29 is 27.9 Å². The topological polar surface area (TPSA) is 86.9 Å². The molecule has 2 aromatic rings. The molecule has 9 heteroatoms. The van der Waals surface area contributed by atoms with E-state index in [4.69, 9.17) is 18.7 Å². The number of piperidine rings is 1. The van der Waals surface area contributed by atoms with Crippen LogP contribution < -0.4 is 4.74 Å². The predicted molar refractivity (Wildman–Crippen MR) is 96.3 cm³/mol. The summed E-state index contributed by atoms with van der Waals surface area (Å²) in [5.74, 6) is 1.28. The highest BCUT2D eigenvalue weighted by atomic mass is 19.1. The third-order valence-corrected chi connectivity index (χ3v) is 4.53. The highest BCUT2D eigenvalue weighted by Gasteiger charge is 2.27. The molecule has 0 bridgehead atoms. The van der Waals surface area contributed by atoms with Gasteiger partial charge in [-0.25, -0.2) is 4.39 Å². The van der Waals surface area contributed by atoms with Crippen LogP contribution in [0, 0.1) is 5.82 Å². The molecule has 1 fully saturated rings. The fraction of sp³-hybridized carbons (Fsp3) is 0.526. The van der Waals surface area contributed by atoms with Crippen LogP contribution in [0.15, 0.2) is 28.8 Å². The molecule has 0 N–H and O–H groups in total. The van der Waals surface area contributed by atoms with E-state index < -0.39 is 0 Å². The van der Waals surface area contributed by atoms with Crippen molar-refractivity contribution in [2.24, 2.45) is 0 Å². The molecule has 1 amide bonds. The molecule has 8 nitrogen and oxygen atoms in total. The number of hydrogen-bond donors (Lipinski definition) is 0. The maximum Gasteiger partial charge on any atom is 0.260 e. The Kier molecular flexibility index (Phi) is 7.32. The minimum Gasteiger partial charge on any atom is -0.484 e. The van der Waals surface area contributed by atoms with Gasteiger partial charge in [0.25, 0.3) is 11.8 Å². The van der Waals surface area contributed by atoms with E-state index in [1.165, 1.54) is 24.3 Å². The van der Waals surface area contributed by atoms with E-state index in [2.05, 4.69) is 10.1 Å². The van der Waals surface area contributed by atoms with Crippen LogP contribution in [0.3, 0.4) is 0 Å². The Hall–Kier alpha value is -2.52. The standard InChI is InChI=1S/C19H24FN3O5/c1-25-10-11-26-12-17-21-19(22-28-17)14-6-8-23(9-7-14)18(24)13-27-16-4-2-15(20)3-5-16/h2-5,14H,6-13H2,1H3. The largest absolute Gasteiger partial charge is 0.484 e. The Morgan fingerprint density at radius 1 is 1.25 bits per heavy atom. The van der Waals surface area contributed by atoms with Crippen LogP contribution in [-0.2, 0) is 20.9 Å². The molecule has 0 atom stereocenters. The van der Waals surface area contributed by atoms with Gasteiger partial charge in [0.1, 0.15) is 18.2 Å². The number of nitrogens with zero attached hydrogens (tertiary/aromatic N) is 3. The maximum atomic E-state index is 12.9. The van der Waals surface area contributed by atoms with Crippen molar-refractivity contribution in [2.75, 3.05) is 40.0 Å². The zero-order valence-electron chi connectivity index (χ0n) is 15.8. The van der Waals surface area contributed by atoms with Crippen LogP contribution in [0.2, 0.25) is 0 Å². The van der Waals surface area contributed by atoms with E-state index in [0.29, 0.717) is 43.8 Å². The van der Waals surface area contributed by atoms with Crippen molar-refractivity contribution in [1.82, 2.24) is 15.0 Å². The SMILES string of the molecule is COCCOCc1nc(C2CCN(C(=O)COc3ccc(F)cc3)CC2)no1. The average Bonchev–Trinajstić information content (AvgIpc) is 3.20. The van der Waals surface area contributed by atoms with Gasteiger partial charge in [-0.2, -0.15) is 4.98 Å². The van der Waals surface area contributed by atoms with Crippen molar-refractivity contribution in [3.63, 3.8) is 0 Å². The lowest BCUT2D eigenvalue weighted by molar-refractivity contribution is -0.134. The van der Waals surface area contributed by atoms with E-state index >= 15 is 0 Å². The molecule has 1 saturated heterocycles. The van der Waals surface area contributed by atoms with Gasteiger partial charge in [-0.1, -0.05) is 5.16 Å². The summed E-state index contributed by atoms with van der Waals surface area (Å²) in [4.78, 5) is 18.4. The number of benzene rings is 1. The zero-order valence-corrected chi connectivity index (χ0v) is 15.8. The smallest absolute Gasteiger partial charge is 0.260 e. The van der Waals surface area contributed by atoms with E-state index in [0.717, 1.165) is 12.8 Å². The lowest BCUT2D eigenvalue weighted by atomic mass is 9.96. The molecule has 0 radical (unpaired) electrons. The quantitative estimate of drug-likeness (QED) is 0.603.